The summed E-state index contributed by atoms with van der Waals surface area (Å²) in [7, 11) is 0. The van der Waals surface area contributed by atoms with E-state index in [0.29, 0.717) is 25.1 Å². The van der Waals surface area contributed by atoms with Gasteiger partial charge < -0.3 is 26.0 Å². The Kier molecular flexibility index (Phi) is 8.14. The Morgan fingerprint density at radius 3 is 2.64 bits per heavy atom. The molecule has 10 nitrogen and oxygen atoms in total. The van der Waals surface area contributed by atoms with Crippen LogP contribution < -0.4 is 16.4 Å². The molecule has 3 amide bonds. The molecule has 0 saturated carbocycles. The number of likely N-dealkylation sites (tertiary alicyclic amines) is 1. The highest BCUT2D eigenvalue weighted by Crippen LogP contribution is 2.20. The molecular formula is C26H34N6O4. The summed E-state index contributed by atoms with van der Waals surface area (Å²) in [6.45, 7) is 3.73. The minimum atomic E-state index is -1.00. The molecule has 1 aromatic carbocycles. The summed E-state index contributed by atoms with van der Waals surface area (Å²) in [5.41, 5.74) is 6.36. The van der Waals surface area contributed by atoms with E-state index in [1.54, 1.807) is 32.2 Å². The number of benzene rings is 1. The summed E-state index contributed by atoms with van der Waals surface area (Å²) < 4.78 is 12.9. The van der Waals surface area contributed by atoms with Gasteiger partial charge in [0.15, 0.2) is 0 Å². The maximum absolute atomic E-state index is 13.6. The molecule has 1 aliphatic rings. The zero-order chi connectivity index (χ0) is 27.0. The number of ether oxygens (including phenoxy) is 1. The van der Waals surface area contributed by atoms with Gasteiger partial charge in [0.25, 0.3) is 0 Å². The van der Waals surface area contributed by atoms with E-state index in [4.69, 9.17) is 17.3 Å². The van der Waals surface area contributed by atoms with Gasteiger partial charge in [0.05, 0.1) is 0 Å². The third-order valence-corrected chi connectivity index (χ3v) is 5.65. The summed E-state index contributed by atoms with van der Waals surface area (Å²) in [5.74, 6) is -0.797. The number of alkyl carbamates (subject to hydrolysis) is 1. The predicted molar refractivity (Wildman–Crippen MR) is 135 cm³/mol. The minimum Gasteiger partial charge on any atom is -0.444 e. The molecule has 1 fully saturated rings. The van der Waals surface area contributed by atoms with Crippen LogP contribution in [0, 0.1) is 5.41 Å². The molecule has 3 rings (SSSR count). The number of nitrogens with one attached hydrogen (secondary N) is 3. The summed E-state index contributed by atoms with van der Waals surface area (Å²) in [4.78, 5) is 44.8. The number of nitrogens with zero attached hydrogens (tertiary/aromatic N) is 2. The average Bonchev–Trinajstić information content (AvgIpc) is 3.37. The van der Waals surface area contributed by atoms with Crippen molar-refractivity contribution in [3.63, 3.8) is 0 Å². The van der Waals surface area contributed by atoms with Crippen LogP contribution in [0.1, 0.15) is 51.8 Å². The van der Waals surface area contributed by atoms with Crippen molar-refractivity contribution in [1.82, 2.24) is 20.5 Å². The number of nitrogens with two attached hydrogens (primary N) is 1. The zero-order valence-corrected chi connectivity index (χ0v) is 20.6. The molecule has 36 heavy (non-hydrogen) atoms. The number of amidine groups is 1. The van der Waals surface area contributed by atoms with Gasteiger partial charge in [0, 0.05) is 27.1 Å². The predicted octanol–water partition coefficient (Wildman–Crippen LogP) is 2.11. The van der Waals surface area contributed by atoms with Crippen molar-refractivity contribution in [2.45, 2.75) is 64.2 Å². The van der Waals surface area contributed by atoms with E-state index in [1.807, 2.05) is 30.3 Å². The second kappa shape index (κ2) is 11.7. The summed E-state index contributed by atoms with van der Waals surface area (Å²) in [6, 6.07) is 11.0. The average molecular weight is 496 g/mol. The monoisotopic (exact) mass is 495 g/mol. The first-order valence-corrected chi connectivity index (χ1v) is 11.8. The zero-order valence-electron chi connectivity index (χ0n) is 21.6. The van der Waals surface area contributed by atoms with Crippen LogP contribution in [-0.4, -0.2) is 57.9 Å². The van der Waals surface area contributed by atoms with Crippen molar-refractivity contribution in [3.8, 4) is 0 Å². The molecule has 1 saturated heterocycles. The Labute approximate surface area is 212 Å². The number of carbonyl (C=O) groups excluding carboxylic acids is 3. The van der Waals surface area contributed by atoms with Gasteiger partial charge in [-0.05, 0) is 50.8 Å². The summed E-state index contributed by atoms with van der Waals surface area (Å²) in [6.07, 6.45) is 2.15. The highest BCUT2D eigenvalue weighted by atomic mass is 16.6. The number of hydrogen-bond acceptors (Lipinski definition) is 6. The molecule has 2 heterocycles. The standard InChI is InChI=1S/C26H34N6O4/c1-26(2,3)36-25(35)31-20(14-17-8-5-4-6-9-17)24(34)32-13-7-10-21(32)23(33)30-16-18-11-12-19(22(27)28)29-15-18/h4-6,8-9,11-12,15,20-21H,7,10,13-14,16H2,1-3H3,(H3,27,28)(H,30,33)(H,31,35)/t20-,21-/m0/s1/i1D. The Morgan fingerprint density at radius 1 is 1.25 bits per heavy atom. The molecule has 1 aromatic heterocycles. The van der Waals surface area contributed by atoms with Gasteiger partial charge in [0.1, 0.15) is 29.2 Å². The summed E-state index contributed by atoms with van der Waals surface area (Å²) >= 11 is 0. The molecule has 0 bridgehead atoms. The lowest BCUT2D eigenvalue weighted by Crippen LogP contribution is -2.54. The maximum atomic E-state index is 13.6. The molecule has 10 heteroatoms. The lowest BCUT2D eigenvalue weighted by atomic mass is 10.0. The van der Waals surface area contributed by atoms with E-state index in [1.165, 1.54) is 4.90 Å². The molecule has 0 unspecified atom stereocenters. The van der Waals surface area contributed by atoms with Crippen molar-refractivity contribution in [2.24, 2.45) is 5.73 Å². The second-order valence-corrected chi connectivity index (χ2v) is 9.41. The van der Waals surface area contributed by atoms with Crippen LogP contribution in [0.4, 0.5) is 4.79 Å². The molecule has 0 radical (unpaired) electrons. The third-order valence-electron chi connectivity index (χ3n) is 5.65. The van der Waals surface area contributed by atoms with Crippen molar-refractivity contribution < 1.29 is 20.5 Å². The highest BCUT2D eigenvalue weighted by molar-refractivity contribution is 5.93. The number of carbonyl (C=O) groups is 3. The molecule has 2 atom stereocenters. The van der Waals surface area contributed by atoms with Gasteiger partial charge in [0.2, 0.25) is 11.8 Å². The molecule has 0 aliphatic carbocycles. The number of pyridine rings is 1. The molecule has 5 N–H and O–H groups in total. The molecule has 192 valence electrons. The van der Waals surface area contributed by atoms with Crippen molar-refractivity contribution >= 4 is 23.7 Å². The van der Waals surface area contributed by atoms with Crippen LogP contribution in [0.5, 0.6) is 0 Å². The van der Waals surface area contributed by atoms with Crippen LogP contribution in [0.25, 0.3) is 0 Å². The maximum Gasteiger partial charge on any atom is 0.408 e. The molecule has 2 aromatic rings. The van der Waals surface area contributed by atoms with E-state index >= 15 is 0 Å². The normalized spacial score (nSPS) is 16.6. The molecule has 1 aliphatic heterocycles. The first-order valence-electron chi connectivity index (χ1n) is 12.5. The Hall–Kier alpha value is -3.95. The van der Waals surface area contributed by atoms with E-state index in [9.17, 15) is 14.4 Å². The van der Waals surface area contributed by atoms with E-state index in [2.05, 4.69) is 15.6 Å². The van der Waals surface area contributed by atoms with Crippen molar-refractivity contribution in [1.29, 1.82) is 5.41 Å². The van der Waals surface area contributed by atoms with E-state index in [0.717, 1.165) is 11.1 Å². The van der Waals surface area contributed by atoms with Gasteiger partial charge in [-0.3, -0.25) is 20.0 Å². The number of hydrogen-bond donors (Lipinski definition) is 4. The smallest absolute Gasteiger partial charge is 0.408 e. The van der Waals surface area contributed by atoms with Crippen LogP contribution in [0.3, 0.4) is 0 Å². The fraction of sp³-hybridized carbons (Fsp3) is 0.423. The van der Waals surface area contributed by atoms with Crippen LogP contribution in [0.15, 0.2) is 48.7 Å². The fourth-order valence-electron chi connectivity index (χ4n) is 3.97. The minimum absolute atomic E-state index is 0.126. The van der Waals surface area contributed by atoms with Crippen molar-refractivity contribution in [2.75, 3.05) is 6.54 Å². The van der Waals surface area contributed by atoms with Gasteiger partial charge in [-0.25, -0.2) is 4.79 Å². The van der Waals surface area contributed by atoms with Crippen LogP contribution >= 0.6 is 0 Å². The second-order valence-electron chi connectivity index (χ2n) is 9.41. The Balaban J connectivity index is 1.69. The largest absolute Gasteiger partial charge is 0.444 e. The van der Waals surface area contributed by atoms with E-state index < -0.39 is 23.8 Å². The highest BCUT2D eigenvalue weighted by Gasteiger charge is 2.38. The Morgan fingerprint density at radius 2 is 2.00 bits per heavy atom. The fourth-order valence-corrected chi connectivity index (χ4v) is 3.97. The number of rotatable bonds is 8. The van der Waals surface area contributed by atoms with Gasteiger partial charge >= 0.3 is 6.09 Å². The SMILES string of the molecule is [2H]CC(C)(C)OC(=O)N[C@@H](Cc1ccccc1)C(=O)N1CCC[C@H]1C(=O)NCc1ccc(C(=N)N)nc1. The van der Waals surface area contributed by atoms with Crippen LogP contribution in [-0.2, 0) is 27.3 Å². The van der Waals surface area contributed by atoms with Gasteiger partial charge in [-0.15, -0.1) is 0 Å². The third kappa shape index (κ3) is 7.53. The van der Waals surface area contributed by atoms with Gasteiger partial charge in [-0.1, -0.05) is 36.4 Å². The molecule has 0 spiro atoms. The Bertz CT molecular complexity index is 1110. The number of aromatic nitrogens is 1. The van der Waals surface area contributed by atoms with Crippen molar-refractivity contribution in [3.05, 3.63) is 65.5 Å². The number of amides is 3. The lowest BCUT2D eigenvalue weighted by molar-refractivity contribution is -0.140. The molecular weight excluding hydrogens is 460 g/mol. The topological polar surface area (TPSA) is 150 Å². The first-order chi connectivity index (χ1) is 17.6. The number of nitrogen functional groups attached to an aromatic ring is 1. The van der Waals surface area contributed by atoms with Gasteiger partial charge in [-0.2, -0.15) is 0 Å². The van der Waals surface area contributed by atoms with E-state index in [-0.39, 0.29) is 37.5 Å². The first kappa shape index (κ1) is 25.2. The lowest BCUT2D eigenvalue weighted by Gasteiger charge is -2.29. The van der Waals surface area contributed by atoms with Crippen LogP contribution in [0.2, 0.25) is 0 Å². The summed E-state index contributed by atoms with van der Waals surface area (Å²) in [5, 5.41) is 12.9. The quantitative estimate of drug-likeness (QED) is 0.325.